The van der Waals surface area contributed by atoms with Gasteiger partial charge in [0.15, 0.2) is 0 Å². The van der Waals surface area contributed by atoms with Crippen LogP contribution in [0.15, 0.2) is 42.5 Å². The highest BCUT2D eigenvalue weighted by atomic mass is 19.1. The number of hydrogen-bond acceptors (Lipinski definition) is 4. The van der Waals surface area contributed by atoms with Gasteiger partial charge in [-0.3, -0.25) is 14.9 Å². The van der Waals surface area contributed by atoms with Crippen LogP contribution in [0.2, 0.25) is 0 Å². The van der Waals surface area contributed by atoms with Gasteiger partial charge in [0.25, 0.3) is 5.69 Å². The zero-order valence-electron chi connectivity index (χ0n) is 11.2. The Hall–Kier alpha value is -2.76. The molecule has 0 spiro atoms. The predicted octanol–water partition coefficient (Wildman–Crippen LogP) is 3.19. The van der Waals surface area contributed by atoms with Gasteiger partial charge in [-0.15, -0.1) is 0 Å². The molecule has 108 valence electrons. The molecule has 0 atom stereocenters. The first-order valence-electron chi connectivity index (χ1n) is 6.16. The first kappa shape index (κ1) is 14.6. The molecule has 21 heavy (non-hydrogen) atoms. The lowest BCUT2D eigenvalue weighted by Crippen LogP contribution is -2.12. The summed E-state index contributed by atoms with van der Waals surface area (Å²) in [7, 11) is 0. The minimum absolute atomic E-state index is 0.0519. The Bertz CT molecular complexity index is 700. The van der Waals surface area contributed by atoms with Gasteiger partial charge in [-0.25, -0.2) is 4.39 Å². The van der Waals surface area contributed by atoms with Crippen LogP contribution in [0.5, 0.6) is 5.75 Å². The van der Waals surface area contributed by atoms with Gasteiger partial charge in [-0.2, -0.15) is 0 Å². The normalized spacial score (nSPS) is 10.2. The van der Waals surface area contributed by atoms with Crippen LogP contribution in [0.25, 0.3) is 0 Å². The van der Waals surface area contributed by atoms with Gasteiger partial charge < -0.3 is 4.74 Å². The van der Waals surface area contributed by atoms with Crippen molar-refractivity contribution in [3.05, 3.63) is 69.5 Å². The maximum atomic E-state index is 13.4. The lowest BCUT2D eigenvalue weighted by molar-refractivity contribution is -0.385. The van der Waals surface area contributed by atoms with Crippen molar-refractivity contribution in [2.45, 2.75) is 13.3 Å². The van der Waals surface area contributed by atoms with Gasteiger partial charge >= 0.3 is 5.97 Å². The highest BCUT2D eigenvalue weighted by Crippen LogP contribution is 2.23. The largest absolute Gasteiger partial charge is 0.426 e. The predicted molar refractivity (Wildman–Crippen MR) is 73.6 cm³/mol. The van der Waals surface area contributed by atoms with E-state index in [0.29, 0.717) is 5.56 Å². The Kier molecular flexibility index (Phi) is 4.27. The number of esters is 1. The topological polar surface area (TPSA) is 69.4 Å². The molecule has 0 bridgehead atoms. The van der Waals surface area contributed by atoms with Crippen LogP contribution >= 0.6 is 0 Å². The number of nitro groups is 1. The minimum Gasteiger partial charge on any atom is -0.426 e. The molecule has 0 fully saturated rings. The van der Waals surface area contributed by atoms with Crippen molar-refractivity contribution in [3.8, 4) is 5.75 Å². The van der Waals surface area contributed by atoms with Crippen molar-refractivity contribution >= 4 is 11.7 Å². The summed E-state index contributed by atoms with van der Waals surface area (Å²) < 4.78 is 18.5. The lowest BCUT2D eigenvalue weighted by atomic mass is 10.1. The quantitative estimate of drug-likeness (QED) is 0.375. The van der Waals surface area contributed by atoms with Crippen LogP contribution in [-0.2, 0) is 11.2 Å². The van der Waals surface area contributed by atoms with E-state index in [1.165, 1.54) is 36.4 Å². The second-order valence-electron chi connectivity index (χ2n) is 4.45. The molecule has 0 heterocycles. The van der Waals surface area contributed by atoms with Crippen molar-refractivity contribution < 1.29 is 18.8 Å². The van der Waals surface area contributed by atoms with Crippen LogP contribution in [0.1, 0.15) is 11.1 Å². The van der Waals surface area contributed by atoms with Crippen LogP contribution in [0, 0.1) is 22.9 Å². The molecule has 6 heteroatoms. The standard InChI is InChI=1S/C15H12FNO4/c1-10-8-12(6-7-14(10)17(19)20)21-15(18)9-11-4-2-3-5-13(11)16/h2-8H,9H2,1H3. The second kappa shape index (κ2) is 6.13. The second-order valence-corrected chi connectivity index (χ2v) is 4.45. The van der Waals surface area contributed by atoms with E-state index in [4.69, 9.17) is 4.74 Å². The molecule has 0 aliphatic rings. The number of nitro benzene ring substituents is 1. The Morgan fingerprint density at radius 2 is 2.00 bits per heavy atom. The van der Waals surface area contributed by atoms with Crippen LogP contribution < -0.4 is 4.74 Å². The molecule has 0 saturated carbocycles. The number of aryl methyl sites for hydroxylation is 1. The van der Waals surface area contributed by atoms with Crippen LogP contribution in [0.4, 0.5) is 10.1 Å². The van der Waals surface area contributed by atoms with Crippen molar-refractivity contribution in [3.63, 3.8) is 0 Å². The van der Waals surface area contributed by atoms with E-state index in [0.717, 1.165) is 0 Å². The average molecular weight is 289 g/mol. The van der Waals surface area contributed by atoms with Gasteiger partial charge in [-0.1, -0.05) is 18.2 Å². The lowest BCUT2D eigenvalue weighted by Gasteiger charge is -2.06. The van der Waals surface area contributed by atoms with Gasteiger partial charge in [0, 0.05) is 11.6 Å². The highest BCUT2D eigenvalue weighted by Gasteiger charge is 2.14. The number of nitrogens with zero attached hydrogens (tertiary/aromatic N) is 1. The molecule has 0 aliphatic carbocycles. The van der Waals surface area contributed by atoms with E-state index in [1.54, 1.807) is 13.0 Å². The van der Waals surface area contributed by atoms with E-state index < -0.39 is 16.7 Å². The third-order valence-electron chi connectivity index (χ3n) is 2.89. The summed E-state index contributed by atoms with van der Waals surface area (Å²) in [6.45, 7) is 1.55. The third-order valence-corrected chi connectivity index (χ3v) is 2.89. The summed E-state index contributed by atoms with van der Waals surface area (Å²) >= 11 is 0. The SMILES string of the molecule is Cc1cc(OC(=O)Cc2ccccc2F)ccc1[N+](=O)[O-]. The molecule has 2 aromatic carbocycles. The van der Waals surface area contributed by atoms with Gasteiger partial charge in [0.05, 0.1) is 11.3 Å². The number of rotatable bonds is 4. The Labute approximate surface area is 120 Å². The zero-order valence-corrected chi connectivity index (χ0v) is 11.2. The van der Waals surface area contributed by atoms with Crippen LogP contribution in [-0.4, -0.2) is 10.9 Å². The number of carbonyl (C=O) groups excluding carboxylic acids is 1. The molecule has 5 nitrogen and oxygen atoms in total. The third kappa shape index (κ3) is 3.62. The fourth-order valence-corrected chi connectivity index (χ4v) is 1.86. The molecule has 2 rings (SSSR count). The van der Waals surface area contributed by atoms with Crippen molar-refractivity contribution in [1.29, 1.82) is 0 Å². The zero-order chi connectivity index (χ0) is 15.4. The van der Waals surface area contributed by atoms with E-state index in [9.17, 15) is 19.3 Å². The number of halogens is 1. The van der Waals surface area contributed by atoms with E-state index >= 15 is 0 Å². The molecule has 0 N–H and O–H groups in total. The number of benzene rings is 2. The number of carbonyl (C=O) groups is 1. The van der Waals surface area contributed by atoms with Gasteiger partial charge in [0.2, 0.25) is 0 Å². The highest BCUT2D eigenvalue weighted by molar-refractivity contribution is 5.75. The minimum atomic E-state index is -0.631. The molecule has 0 aromatic heterocycles. The fourth-order valence-electron chi connectivity index (χ4n) is 1.86. The van der Waals surface area contributed by atoms with Crippen molar-refractivity contribution in [2.75, 3.05) is 0 Å². The van der Waals surface area contributed by atoms with E-state index in [-0.39, 0.29) is 23.4 Å². The Morgan fingerprint density at radius 1 is 1.29 bits per heavy atom. The molecule has 0 saturated heterocycles. The van der Waals surface area contributed by atoms with E-state index in [1.807, 2.05) is 0 Å². The Balaban J connectivity index is 2.08. The summed E-state index contributed by atoms with van der Waals surface area (Å²) in [5.41, 5.74) is 0.571. The maximum absolute atomic E-state index is 13.4. The van der Waals surface area contributed by atoms with Crippen molar-refractivity contribution in [1.82, 2.24) is 0 Å². The fraction of sp³-hybridized carbons (Fsp3) is 0.133. The van der Waals surface area contributed by atoms with Crippen LogP contribution in [0.3, 0.4) is 0 Å². The first-order valence-corrected chi connectivity index (χ1v) is 6.16. The average Bonchev–Trinajstić information content (AvgIpc) is 2.41. The summed E-state index contributed by atoms with van der Waals surface area (Å²) in [4.78, 5) is 21.9. The number of hydrogen-bond donors (Lipinski definition) is 0. The van der Waals surface area contributed by atoms with Gasteiger partial charge in [-0.05, 0) is 30.7 Å². The molecular formula is C15H12FNO4. The molecule has 0 unspecified atom stereocenters. The number of ether oxygens (including phenoxy) is 1. The molecule has 0 amide bonds. The van der Waals surface area contributed by atoms with Crippen molar-refractivity contribution in [2.24, 2.45) is 0 Å². The Morgan fingerprint density at radius 3 is 2.62 bits per heavy atom. The smallest absolute Gasteiger partial charge is 0.315 e. The summed E-state index contributed by atoms with van der Waals surface area (Å²) in [6.07, 6.45) is -0.206. The van der Waals surface area contributed by atoms with Gasteiger partial charge in [0.1, 0.15) is 11.6 Å². The summed E-state index contributed by atoms with van der Waals surface area (Å²) in [5, 5.41) is 10.7. The molecule has 0 aliphatic heterocycles. The molecule has 0 radical (unpaired) electrons. The summed E-state index contributed by atoms with van der Waals surface area (Å²) in [5.74, 6) is -0.915. The maximum Gasteiger partial charge on any atom is 0.315 e. The first-order chi connectivity index (χ1) is 9.97. The monoisotopic (exact) mass is 289 g/mol. The summed E-state index contributed by atoms with van der Waals surface area (Å²) in [6, 6.07) is 9.92. The molecular weight excluding hydrogens is 277 g/mol. The van der Waals surface area contributed by atoms with E-state index in [2.05, 4.69) is 0 Å². The molecule has 2 aromatic rings.